The summed E-state index contributed by atoms with van der Waals surface area (Å²) in [6, 6.07) is 11.9. The van der Waals surface area contributed by atoms with E-state index in [1.54, 1.807) is 30.3 Å². The predicted molar refractivity (Wildman–Crippen MR) is 106 cm³/mol. The van der Waals surface area contributed by atoms with Crippen LogP contribution in [0, 0.1) is 11.6 Å². The Hall–Kier alpha value is -2.69. The largest absolute Gasteiger partial charge is 0.490 e. The maximum absolute atomic E-state index is 14.3. The van der Waals surface area contributed by atoms with Gasteiger partial charge in [-0.2, -0.15) is 4.39 Å². The fourth-order valence-corrected chi connectivity index (χ4v) is 2.81. The molecular formula is C23H26F2O3. The van der Waals surface area contributed by atoms with Crippen molar-refractivity contribution >= 4 is 5.97 Å². The van der Waals surface area contributed by atoms with E-state index in [0.717, 1.165) is 44.6 Å². The number of ether oxygens (including phenoxy) is 2. The zero-order chi connectivity index (χ0) is 20.2. The number of carbonyl (C=O) groups is 1. The smallest absolute Gasteiger partial charge is 0.330 e. The summed E-state index contributed by atoms with van der Waals surface area (Å²) in [6.45, 7) is 4.10. The third-order valence-electron chi connectivity index (χ3n) is 4.34. The molecule has 28 heavy (non-hydrogen) atoms. The molecule has 0 spiro atoms. The van der Waals surface area contributed by atoms with Gasteiger partial charge in [0.2, 0.25) is 5.82 Å². The van der Waals surface area contributed by atoms with Crippen molar-refractivity contribution in [2.45, 2.75) is 38.5 Å². The van der Waals surface area contributed by atoms with Crippen molar-refractivity contribution in [3.05, 3.63) is 66.8 Å². The molecule has 0 radical (unpaired) electrons. The van der Waals surface area contributed by atoms with Gasteiger partial charge in [-0.15, -0.1) is 0 Å². The van der Waals surface area contributed by atoms with Crippen molar-refractivity contribution in [1.29, 1.82) is 0 Å². The van der Waals surface area contributed by atoms with E-state index in [4.69, 9.17) is 9.47 Å². The molecule has 0 unspecified atom stereocenters. The van der Waals surface area contributed by atoms with Gasteiger partial charge in [0.25, 0.3) is 0 Å². The number of hydrogen-bond acceptors (Lipinski definition) is 3. The van der Waals surface area contributed by atoms with Crippen LogP contribution < -0.4 is 4.74 Å². The van der Waals surface area contributed by atoms with Crippen LogP contribution in [0.25, 0.3) is 11.1 Å². The summed E-state index contributed by atoms with van der Waals surface area (Å²) in [5, 5.41) is 0. The van der Waals surface area contributed by atoms with Gasteiger partial charge in [0.05, 0.1) is 13.2 Å². The van der Waals surface area contributed by atoms with Crippen molar-refractivity contribution in [3.8, 4) is 16.9 Å². The molecule has 5 heteroatoms. The van der Waals surface area contributed by atoms with Gasteiger partial charge in [-0.25, -0.2) is 9.18 Å². The maximum atomic E-state index is 14.3. The molecule has 2 aromatic carbocycles. The Labute approximate surface area is 165 Å². The zero-order valence-electron chi connectivity index (χ0n) is 16.0. The molecule has 0 aliphatic heterocycles. The zero-order valence-corrected chi connectivity index (χ0v) is 16.0. The van der Waals surface area contributed by atoms with Crippen LogP contribution in [0.2, 0.25) is 0 Å². The van der Waals surface area contributed by atoms with E-state index in [0.29, 0.717) is 18.8 Å². The van der Waals surface area contributed by atoms with Crippen molar-refractivity contribution in [2.75, 3.05) is 13.2 Å². The predicted octanol–water partition coefficient (Wildman–Crippen LogP) is 6.08. The van der Waals surface area contributed by atoms with E-state index in [2.05, 4.69) is 6.58 Å². The molecule has 0 heterocycles. The van der Waals surface area contributed by atoms with Crippen LogP contribution in [0.15, 0.2) is 55.1 Å². The van der Waals surface area contributed by atoms with Crippen molar-refractivity contribution < 1.29 is 23.0 Å². The van der Waals surface area contributed by atoms with Crippen LogP contribution in [-0.2, 0) is 9.53 Å². The molecule has 0 amide bonds. The molecule has 0 aliphatic carbocycles. The first-order chi connectivity index (χ1) is 13.6. The van der Waals surface area contributed by atoms with Crippen molar-refractivity contribution in [3.63, 3.8) is 0 Å². The summed E-state index contributed by atoms with van der Waals surface area (Å²) < 4.78 is 38.9. The number of rotatable bonds is 12. The molecule has 0 atom stereocenters. The molecule has 0 saturated heterocycles. The van der Waals surface area contributed by atoms with Crippen molar-refractivity contribution in [2.24, 2.45) is 0 Å². The second-order valence-corrected chi connectivity index (χ2v) is 6.45. The van der Waals surface area contributed by atoms with Gasteiger partial charge < -0.3 is 9.47 Å². The molecule has 0 saturated carbocycles. The maximum Gasteiger partial charge on any atom is 0.330 e. The Morgan fingerprint density at radius 3 is 2.18 bits per heavy atom. The van der Waals surface area contributed by atoms with E-state index in [-0.39, 0.29) is 11.3 Å². The van der Waals surface area contributed by atoms with E-state index in [1.165, 1.54) is 6.07 Å². The third-order valence-corrected chi connectivity index (χ3v) is 4.34. The van der Waals surface area contributed by atoms with E-state index in [1.807, 2.05) is 6.07 Å². The van der Waals surface area contributed by atoms with Gasteiger partial charge in [-0.1, -0.05) is 62.6 Å². The Balaban J connectivity index is 1.65. The molecular weight excluding hydrogens is 362 g/mol. The highest BCUT2D eigenvalue weighted by Crippen LogP contribution is 2.29. The average molecular weight is 388 g/mol. The van der Waals surface area contributed by atoms with E-state index >= 15 is 0 Å². The van der Waals surface area contributed by atoms with Gasteiger partial charge in [0, 0.05) is 11.6 Å². The molecule has 0 N–H and O–H groups in total. The molecule has 3 nitrogen and oxygen atoms in total. The highest BCUT2D eigenvalue weighted by Gasteiger charge is 2.15. The fraction of sp³-hybridized carbons (Fsp3) is 0.348. The van der Waals surface area contributed by atoms with Crippen LogP contribution >= 0.6 is 0 Å². The number of esters is 1. The van der Waals surface area contributed by atoms with E-state index < -0.39 is 17.6 Å². The first-order valence-electron chi connectivity index (χ1n) is 9.59. The quantitative estimate of drug-likeness (QED) is 0.251. The van der Waals surface area contributed by atoms with Gasteiger partial charge in [0.1, 0.15) is 0 Å². The first kappa shape index (κ1) is 21.6. The molecule has 0 aliphatic rings. The Morgan fingerprint density at radius 1 is 0.857 bits per heavy atom. The standard InChI is InChI=1S/C23H26F2O3/c1-2-21(26)28-17-11-6-4-3-5-10-16-27-20-15-14-19(22(24)23(20)25)18-12-8-7-9-13-18/h2,7-9,12-15H,1,3-6,10-11,16-17H2. The van der Waals surface area contributed by atoms with Gasteiger partial charge >= 0.3 is 5.97 Å². The third kappa shape index (κ3) is 6.80. The summed E-state index contributed by atoms with van der Waals surface area (Å²) in [6.07, 6.45) is 6.72. The number of benzene rings is 2. The Bertz CT molecular complexity index is 760. The highest BCUT2D eigenvalue weighted by molar-refractivity contribution is 5.81. The normalized spacial score (nSPS) is 10.5. The van der Waals surface area contributed by atoms with Gasteiger partial charge in [-0.05, 0) is 30.5 Å². The number of halogens is 2. The van der Waals surface area contributed by atoms with Crippen LogP contribution in [0.4, 0.5) is 8.78 Å². The Kier molecular flexibility index (Phi) is 9.19. The lowest BCUT2D eigenvalue weighted by Crippen LogP contribution is -2.02. The van der Waals surface area contributed by atoms with Crippen LogP contribution in [0.5, 0.6) is 5.75 Å². The van der Waals surface area contributed by atoms with E-state index in [9.17, 15) is 13.6 Å². The second-order valence-electron chi connectivity index (χ2n) is 6.45. The summed E-state index contributed by atoms with van der Waals surface area (Å²) in [5.41, 5.74) is 0.855. The monoisotopic (exact) mass is 388 g/mol. The molecule has 2 aromatic rings. The van der Waals surface area contributed by atoms with Crippen LogP contribution in [0.1, 0.15) is 38.5 Å². The van der Waals surface area contributed by atoms with Crippen molar-refractivity contribution in [1.82, 2.24) is 0 Å². The lowest BCUT2D eigenvalue weighted by atomic mass is 10.0. The van der Waals surface area contributed by atoms with Gasteiger partial charge in [-0.3, -0.25) is 0 Å². The van der Waals surface area contributed by atoms with Crippen LogP contribution in [0.3, 0.4) is 0 Å². The number of carbonyl (C=O) groups excluding carboxylic acids is 1. The highest BCUT2D eigenvalue weighted by atomic mass is 19.2. The minimum Gasteiger partial charge on any atom is -0.490 e. The summed E-state index contributed by atoms with van der Waals surface area (Å²) in [4.78, 5) is 10.9. The summed E-state index contributed by atoms with van der Waals surface area (Å²) in [5.74, 6) is -2.28. The molecule has 0 aromatic heterocycles. The molecule has 150 valence electrons. The minimum absolute atomic E-state index is 0.0544. The average Bonchev–Trinajstić information content (AvgIpc) is 2.72. The summed E-state index contributed by atoms with van der Waals surface area (Å²) in [7, 11) is 0. The number of unbranched alkanes of at least 4 members (excludes halogenated alkanes) is 5. The topological polar surface area (TPSA) is 35.5 Å². The number of hydrogen-bond donors (Lipinski definition) is 0. The molecule has 0 bridgehead atoms. The Morgan fingerprint density at radius 2 is 1.50 bits per heavy atom. The molecule has 0 fully saturated rings. The lowest BCUT2D eigenvalue weighted by Gasteiger charge is -2.10. The fourth-order valence-electron chi connectivity index (χ4n) is 2.81. The van der Waals surface area contributed by atoms with Gasteiger partial charge in [0.15, 0.2) is 11.6 Å². The second kappa shape index (κ2) is 11.9. The first-order valence-corrected chi connectivity index (χ1v) is 9.59. The summed E-state index contributed by atoms with van der Waals surface area (Å²) >= 11 is 0. The lowest BCUT2D eigenvalue weighted by molar-refractivity contribution is -0.137. The van der Waals surface area contributed by atoms with Crippen LogP contribution in [-0.4, -0.2) is 19.2 Å². The minimum atomic E-state index is -0.949. The SMILES string of the molecule is C=CC(=O)OCCCCCCCCOc1ccc(-c2ccccc2)c(F)c1F. The molecule has 2 rings (SSSR count).